The molecule has 166 valence electrons. The van der Waals surface area contributed by atoms with E-state index in [1.165, 1.54) is 24.3 Å². The van der Waals surface area contributed by atoms with E-state index in [2.05, 4.69) is 10.1 Å². The van der Waals surface area contributed by atoms with Crippen LogP contribution in [0.1, 0.15) is 30.4 Å². The van der Waals surface area contributed by atoms with Crippen LogP contribution in [-0.2, 0) is 22.6 Å². The van der Waals surface area contributed by atoms with E-state index in [0.29, 0.717) is 45.3 Å². The SMILES string of the molecule is O=C(NCc1ccc(F)cc1)C1CCN(C(=O)CCc2ccc(OC(F)F)cc2)CC1. The van der Waals surface area contributed by atoms with Crippen molar-refractivity contribution in [2.45, 2.75) is 38.8 Å². The molecule has 0 spiro atoms. The maximum atomic E-state index is 12.9. The molecule has 1 fully saturated rings. The minimum atomic E-state index is -2.86. The van der Waals surface area contributed by atoms with Crippen LogP contribution in [0.4, 0.5) is 13.2 Å². The summed E-state index contributed by atoms with van der Waals surface area (Å²) >= 11 is 0. The van der Waals surface area contributed by atoms with E-state index >= 15 is 0 Å². The monoisotopic (exact) mass is 434 g/mol. The summed E-state index contributed by atoms with van der Waals surface area (Å²) < 4.78 is 41.6. The number of carbonyl (C=O) groups is 2. The lowest BCUT2D eigenvalue weighted by Gasteiger charge is -2.31. The lowest BCUT2D eigenvalue weighted by Crippen LogP contribution is -2.43. The Kier molecular flexibility index (Phi) is 7.92. The number of piperidine rings is 1. The Morgan fingerprint density at radius 2 is 1.61 bits per heavy atom. The van der Waals surface area contributed by atoms with Crippen LogP contribution in [0.25, 0.3) is 0 Å². The largest absolute Gasteiger partial charge is 0.435 e. The summed E-state index contributed by atoms with van der Waals surface area (Å²) in [6, 6.07) is 12.2. The topological polar surface area (TPSA) is 58.6 Å². The molecule has 2 aromatic rings. The fraction of sp³-hybridized carbons (Fsp3) is 0.391. The summed E-state index contributed by atoms with van der Waals surface area (Å²) in [5.41, 5.74) is 1.70. The molecule has 2 amide bonds. The van der Waals surface area contributed by atoms with Crippen molar-refractivity contribution in [3.63, 3.8) is 0 Å². The van der Waals surface area contributed by atoms with Crippen molar-refractivity contribution < 1.29 is 27.5 Å². The third kappa shape index (κ3) is 7.01. The normalized spacial score (nSPS) is 14.5. The molecule has 1 aliphatic rings. The van der Waals surface area contributed by atoms with Gasteiger partial charge in [0, 0.05) is 32.0 Å². The molecule has 1 N–H and O–H groups in total. The first-order valence-corrected chi connectivity index (χ1v) is 10.2. The van der Waals surface area contributed by atoms with Gasteiger partial charge in [-0.3, -0.25) is 9.59 Å². The molecule has 2 aromatic carbocycles. The number of amides is 2. The molecule has 0 bridgehead atoms. The number of benzene rings is 2. The first-order valence-electron chi connectivity index (χ1n) is 10.2. The maximum absolute atomic E-state index is 12.9. The van der Waals surface area contributed by atoms with Gasteiger partial charge < -0.3 is 15.0 Å². The second-order valence-corrected chi connectivity index (χ2v) is 7.52. The molecule has 1 aliphatic heterocycles. The molecular formula is C23H25F3N2O3. The summed E-state index contributed by atoms with van der Waals surface area (Å²) in [7, 11) is 0. The van der Waals surface area contributed by atoms with Gasteiger partial charge in [0.05, 0.1) is 0 Å². The Morgan fingerprint density at radius 1 is 1.00 bits per heavy atom. The van der Waals surface area contributed by atoms with Crippen LogP contribution in [0.5, 0.6) is 5.75 Å². The highest BCUT2D eigenvalue weighted by molar-refractivity contribution is 5.80. The van der Waals surface area contributed by atoms with Crippen LogP contribution < -0.4 is 10.1 Å². The molecule has 0 aliphatic carbocycles. The number of hydrogen-bond acceptors (Lipinski definition) is 3. The van der Waals surface area contributed by atoms with E-state index in [-0.39, 0.29) is 29.3 Å². The molecule has 31 heavy (non-hydrogen) atoms. The zero-order chi connectivity index (χ0) is 22.2. The third-order valence-electron chi connectivity index (χ3n) is 5.37. The Labute approximate surface area is 179 Å². The fourth-order valence-corrected chi connectivity index (χ4v) is 3.57. The van der Waals surface area contributed by atoms with Crippen molar-refractivity contribution in [3.8, 4) is 5.75 Å². The highest BCUT2D eigenvalue weighted by atomic mass is 19.3. The quantitative estimate of drug-likeness (QED) is 0.685. The molecule has 0 saturated carbocycles. The number of ether oxygens (including phenoxy) is 1. The van der Waals surface area contributed by atoms with Gasteiger partial charge in [0.1, 0.15) is 11.6 Å². The van der Waals surface area contributed by atoms with E-state index in [0.717, 1.165) is 11.1 Å². The number of carbonyl (C=O) groups excluding carboxylic acids is 2. The minimum Gasteiger partial charge on any atom is -0.435 e. The molecule has 0 aromatic heterocycles. The fourth-order valence-electron chi connectivity index (χ4n) is 3.57. The van der Waals surface area contributed by atoms with Crippen molar-refractivity contribution in [1.82, 2.24) is 10.2 Å². The maximum Gasteiger partial charge on any atom is 0.387 e. The van der Waals surface area contributed by atoms with E-state index in [9.17, 15) is 22.8 Å². The number of halogens is 3. The van der Waals surface area contributed by atoms with Crippen molar-refractivity contribution in [3.05, 3.63) is 65.5 Å². The Hall–Kier alpha value is -3.03. The molecule has 8 heteroatoms. The standard InChI is InChI=1S/C23H25F3N2O3/c24-19-6-1-17(2-7-19)15-27-22(30)18-11-13-28(14-12-18)21(29)10-5-16-3-8-20(9-4-16)31-23(25)26/h1-4,6-9,18,23H,5,10-15H2,(H,27,30). The average molecular weight is 434 g/mol. The Morgan fingerprint density at radius 3 is 2.23 bits per heavy atom. The number of aryl methyl sites for hydroxylation is 1. The van der Waals surface area contributed by atoms with Gasteiger partial charge in [-0.2, -0.15) is 8.78 Å². The molecule has 1 saturated heterocycles. The number of likely N-dealkylation sites (tertiary alicyclic amines) is 1. The van der Waals surface area contributed by atoms with E-state index < -0.39 is 6.61 Å². The van der Waals surface area contributed by atoms with Gasteiger partial charge in [-0.05, 0) is 54.7 Å². The van der Waals surface area contributed by atoms with Gasteiger partial charge in [0.15, 0.2) is 0 Å². The number of nitrogens with zero attached hydrogens (tertiary/aromatic N) is 1. The second-order valence-electron chi connectivity index (χ2n) is 7.52. The second kappa shape index (κ2) is 10.8. The third-order valence-corrected chi connectivity index (χ3v) is 5.37. The van der Waals surface area contributed by atoms with E-state index in [1.807, 2.05) is 0 Å². The van der Waals surface area contributed by atoms with Gasteiger partial charge >= 0.3 is 6.61 Å². The van der Waals surface area contributed by atoms with Gasteiger partial charge in [0.25, 0.3) is 0 Å². The number of rotatable bonds is 8. The number of nitrogens with one attached hydrogen (secondary N) is 1. The van der Waals surface area contributed by atoms with Crippen molar-refractivity contribution in [1.29, 1.82) is 0 Å². The molecular weight excluding hydrogens is 409 g/mol. The molecule has 0 unspecified atom stereocenters. The Bertz CT molecular complexity index is 865. The van der Waals surface area contributed by atoms with Crippen molar-refractivity contribution in [2.24, 2.45) is 5.92 Å². The summed E-state index contributed by atoms with van der Waals surface area (Å²) in [5, 5.41) is 2.87. The van der Waals surface area contributed by atoms with Crippen LogP contribution in [0.3, 0.4) is 0 Å². The van der Waals surface area contributed by atoms with E-state index in [1.54, 1.807) is 29.2 Å². The van der Waals surface area contributed by atoms with Gasteiger partial charge in [-0.25, -0.2) is 4.39 Å². The first kappa shape index (κ1) is 22.7. The summed E-state index contributed by atoms with van der Waals surface area (Å²) in [6.45, 7) is -1.47. The smallest absolute Gasteiger partial charge is 0.387 e. The molecule has 0 atom stereocenters. The lowest BCUT2D eigenvalue weighted by atomic mass is 9.95. The molecule has 3 rings (SSSR count). The summed E-state index contributed by atoms with van der Waals surface area (Å²) in [6.07, 6.45) is 2.02. The van der Waals surface area contributed by atoms with Crippen molar-refractivity contribution in [2.75, 3.05) is 13.1 Å². The van der Waals surface area contributed by atoms with Crippen molar-refractivity contribution >= 4 is 11.8 Å². The van der Waals surface area contributed by atoms with E-state index in [4.69, 9.17) is 0 Å². The van der Waals surface area contributed by atoms with Crippen LogP contribution >= 0.6 is 0 Å². The Balaban J connectivity index is 1.38. The summed E-state index contributed by atoms with van der Waals surface area (Å²) in [5.74, 6) is -0.415. The predicted octanol–water partition coefficient (Wildman–Crippen LogP) is 3.91. The van der Waals surface area contributed by atoms with Gasteiger partial charge in [-0.1, -0.05) is 24.3 Å². The van der Waals surface area contributed by atoms with Crippen LogP contribution in [0.15, 0.2) is 48.5 Å². The molecule has 5 nitrogen and oxygen atoms in total. The first-order chi connectivity index (χ1) is 14.9. The number of alkyl halides is 2. The van der Waals surface area contributed by atoms with Gasteiger partial charge in [-0.15, -0.1) is 0 Å². The zero-order valence-electron chi connectivity index (χ0n) is 17.0. The highest BCUT2D eigenvalue weighted by Crippen LogP contribution is 2.20. The van der Waals surface area contributed by atoms with Crippen LogP contribution in [0, 0.1) is 11.7 Å². The minimum absolute atomic E-state index is 0.0121. The van der Waals surface area contributed by atoms with Crippen LogP contribution in [0.2, 0.25) is 0 Å². The van der Waals surface area contributed by atoms with Crippen LogP contribution in [-0.4, -0.2) is 36.4 Å². The average Bonchev–Trinajstić information content (AvgIpc) is 2.77. The molecule has 1 heterocycles. The number of hydrogen-bond donors (Lipinski definition) is 1. The highest BCUT2D eigenvalue weighted by Gasteiger charge is 2.27. The molecule has 0 radical (unpaired) electrons. The zero-order valence-corrected chi connectivity index (χ0v) is 17.0. The summed E-state index contributed by atoms with van der Waals surface area (Å²) in [4.78, 5) is 26.6. The lowest BCUT2D eigenvalue weighted by molar-refractivity contribution is -0.135. The predicted molar refractivity (Wildman–Crippen MR) is 109 cm³/mol. The van der Waals surface area contributed by atoms with Gasteiger partial charge in [0.2, 0.25) is 11.8 Å².